The molecule has 0 aromatic carbocycles. The number of ether oxygens (including phenoxy) is 1. The van der Waals surface area contributed by atoms with E-state index in [9.17, 15) is 9.59 Å². The summed E-state index contributed by atoms with van der Waals surface area (Å²) in [5.74, 6) is 2.21. The maximum Gasteiger partial charge on any atom is 0.331 e. The summed E-state index contributed by atoms with van der Waals surface area (Å²) in [4.78, 5) is 23.6. The number of cyclic esters (lactones) is 1. The maximum absolute atomic E-state index is 12.0. The van der Waals surface area contributed by atoms with Gasteiger partial charge in [-0.2, -0.15) is 0 Å². The van der Waals surface area contributed by atoms with Crippen molar-refractivity contribution in [2.24, 2.45) is 28.6 Å². The first-order valence-electron chi connectivity index (χ1n) is 10.2. The summed E-state index contributed by atoms with van der Waals surface area (Å²) in [6.07, 6.45) is 13.8. The van der Waals surface area contributed by atoms with Crippen LogP contribution in [-0.2, 0) is 14.3 Å². The molecule has 5 rings (SSSR count). The molecule has 4 unspecified atom stereocenters. The second kappa shape index (κ2) is 5.43. The number of carbonyl (C=O) groups excluding carboxylic acids is 2. The highest BCUT2D eigenvalue weighted by atomic mass is 16.5. The normalized spacial score (nSPS) is 44.4. The lowest BCUT2D eigenvalue weighted by atomic mass is 9.46. The van der Waals surface area contributed by atoms with Gasteiger partial charge < -0.3 is 4.74 Å². The van der Waals surface area contributed by atoms with Gasteiger partial charge in [-0.05, 0) is 60.8 Å². The summed E-state index contributed by atoms with van der Waals surface area (Å²) in [6.45, 7) is 5.27. The van der Waals surface area contributed by atoms with Crippen LogP contribution in [0.1, 0.15) is 58.8 Å². The lowest BCUT2D eigenvalue weighted by Gasteiger charge is -2.58. The highest BCUT2D eigenvalue weighted by Gasteiger charge is 2.56. The van der Waals surface area contributed by atoms with Crippen molar-refractivity contribution in [2.75, 3.05) is 6.61 Å². The average Bonchev–Trinajstić information content (AvgIpc) is 3.18. The van der Waals surface area contributed by atoms with Crippen LogP contribution in [0.3, 0.4) is 0 Å². The molecule has 0 aromatic rings. The SMILES string of the molecule is CC12CC[C@H]3C(CCC4CC(=O)CCC43C)C1=CC=C2C1=CC(=O)OC1. The van der Waals surface area contributed by atoms with Gasteiger partial charge in [-0.1, -0.05) is 31.6 Å². The van der Waals surface area contributed by atoms with Crippen molar-refractivity contribution < 1.29 is 14.3 Å². The zero-order valence-electron chi connectivity index (χ0n) is 15.8. The third-order valence-corrected chi connectivity index (χ3v) is 8.53. The number of Topliss-reactive ketones (excluding diaryl/α,β-unsaturated/α-hetero) is 1. The molecule has 3 heteroatoms. The largest absolute Gasteiger partial charge is 0.458 e. The van der Waals surface area contributed by atoms with E-state index in [2.05, 4.69) is 26.0 Å². The maximum atomic E-state index is 12.0. The Labute approximate surface area is 155 Å². The number of rotatable bonds is 1. The van der Waals surface area contributed by atoms with E-state index in [4.69, 9.17) is 4.74 Å². The van der Waals surface area contributed by atoms with Crippen molar-refractivity contribution in [2.45, 2.75) is 58.8 Å². The van der Waals surface area contributed by atoms with Crippen LogP contribution >= 0.6 is 0 Å². The molecule has 138 valence electrons. The number of allylic oxidation sites excluding steroid dienone is 3. The molecular formula is C23H28O3. The predicted molar refractivity (Wildman–Crippen MR) is 99.2 cm³/mol. The second-order valence-corrected chi connectivity index (χ2v) is 9.59. The van der Waals surface area contributed by atoms with Gasteiger partial charge in [-0.25, -0.2) is 4.79 Å². The fourth-order valence-corrected chi connectivity index (χ4v) is 7.03. The fourth-order valence-electron chi connectivity index (χ4n) is 7.03. The van der Waals surface area contributed by atoms with Gasteiger partial charge in [0.1, 0.15) is 12.4 Å². The van der Waals surface area contributed by atoms with Gasteiger partial charge in [0.15, 0.2) is 0 Å². The second-order valence-electron chi connectivity index (χ2n) is 9.59. The van der Waals surface area contributed by atoms with E-state index >= 15 is 0 Å². The Kier molecular flexibility index (Phi) is 3.45. The average molecular weight is 352 g/mol. The first-order valence-corrected chi connectivity index (χ1v) is 10.2. The standard InChI is InChI=1S/C23H28O3/c1-22-9-7-16(24)12-15(22)3-4-17-19-6-5-18(14-11-21(25)26-13-14)23(19,2)10-8-20(17)22/h5-6,11,15,17,20H,3-4,7-10,12-13H2,1-2H3/t15?,17?,20-,22?,23?/m0/s1. The predicted octanol–water partition coefficient (Wildman–Crippen LogP) is 4.54. The van der Waals surface area contributed by atoms with Crippen molar-refractivity contribution in [1.82, 2.24) is 0 Å². The number of hydrogen-bond acceptors (Lipinski definition) is 3. The molecule has 0 amide bonds. The zero-order chi connectivity index (χ0) is 18.1. The quantitative estimate of drug-likeness (QED) is 0.651. The Morgan fingerprint density at radius 2 is 1.92 bits per heavy atom. The third-order valence-electron chi connectivity index (χ3n) is 8.53. The van der Waals surface area contributed by atoms with E-state index < -0.39 is 0 Å². The highest BCUT2D eigenvalue weighted by Crippen LogP contribution is 2.65. The molecule has 3 saturated carbocycles. The minimum atomic E-state index is -0.202. The minimum Gasteiger partial charge on any atom is -0.458 e. The summed E-state index contributed by atoms with van der Waals surface area (Å²) >= 11 is 0. The van der Waals surface area contributed by atoms with Crippen LogP contribution in [0, 0.1) is 28.6 Å². The molecule has 0 spiro atoms. The Balaban J connectivity index is 1.45. The third kappa shape index (κ3) is 2.12. The molecule has 5 atom stereocenters. The van der Waals surface area contributed by atoms with Crippen LogP contribution in [0.4, 0.5) is 0 Å². The van der Waals surface area contributed by atoms with E-state index in [0.29, 0.717) is 35.6 Å². The molecule has 1 aliphatic heterocycles. The zero-order valence-corrected chi connectivity index (χ0v) is 15.8. The van der Waals surface area contributed by atoms with E-state index in [1.807, 2.05) is 0 Å². The first kappa shape index (κ1) is 16.5. The van der Waals surface area contributed by atoms with Crippen LogP contribution in [-0.4, -0.2) is 18.4 Å². The monoisotopic (exact) mass is 352 g/mol. The Bertz CT molecular complexity index is 785. The summed E-state index contributed by atoms with van der Waals surface area (Å²) in [5, 5.41) is 0. The lowest BCUT2D eigenvalue weighted by Crippen LogP contribution is -2.51. The van der Waals surface area contributed by atoms with Crippen LogP contribution in [0.2, 0.25) is 0 Å². The number of fused-ring (bicyclic) bond motifs is 5. The Hall–Kier alpha value is -1.64. The van der Waals surface area contributed by atoms with E-state index in [0.717, 1.165) is 31.3 Å². The Morgan fingerprint density at radius 3 is 2.69 bits per heavy atom. The molecule has 0 bridgehead atoms. The molecule has 0 N–H and O–H groups in total. The van der Waals surface area contributed by atoms with Gasteiger partial charge >= 0.3 is 5.97 Å². The molecule has 3 nitrogen and oxygen atoms in total. The molecule has 1 heterocycles. The summed E-state index contributed by atoms with van der Waals surface area (Å²) < 4.78 is 5.18. The first-order chi connectivity index (χ1) is 12.4. The van der Waals surface area contributed by atoms with Crippen molar-refractivity contribution in [3.05, 3.63) is 34.9 Å². The van der Waals surface area contributed by atoms with Crippen molar-refractivity contribution in [3.8, 4) is 0 Å². The van der Waals surface area contributed by atoms with Crippen molar-refractivity contribution >= 4 is 11.8 Å². The van der Waals surface area contributed by atoms with E-state index in [1.54, 1.807) is 11.6 Å². The van der Waals surface area contributed by atoms with Crippen LogP contribution in [0.5, 0.6) is 0 Å². The Morgan fingerprint density at radius 1 is 1.08 bits per heavy atom. The van der Waals surface area contributed by atoms with Gasteiger partial charge in [0.25, 0.3) is 0 Å². The number of ketones is 1. The van der Waals surface area contributed by atoms with Gasteiger partial charge in [-0.3, -0.25) is 4.79 Å². The molecular weight excluding hydrogens is 324 g/mol. The smallest absolute Gasteiger partial charge is 0.331 e. The minimum absolute atomic E-state index is 0.0641. The fraction of sp³-hybridized carbons (Fsp3) is 0.652. The van der Waals surface area contributed by atoms with E-state index in [-0.39, 0.29) is 11.4 Å². The van der Waals surface area contributed by atoms with Crippen molar-refractivity contribution in [1.29, 1.82) is 0 Å². The van der Waals surface area contributed by atoms with Gasteiger partial charge in [0, 0.05) is 29.9 Å². The number of carbonyl (C=O) groups is 2. The van der Waals surface area contributed by atoms with Gasteiger partial charge in [0.2, 0.25) is 0 Å². The molecule has 0 aromatic heterocycles. The van der Waals surface area contributed by atoms with Crippen molar-refractivity contribution in [3.63, 3.8) is 0 Å². The van der Waals surface area contributed by atoms with Crippen LogP contribution < -0.4 is 0 Å². The molecule has 0 saturated heterocycles. The summed E-state index contributed by atoms with van der Waals surface area (Å²) in [7, 11) is 0. The highest BCUT2D eigenvalue weighted by molar-refractivity contribution is 5.87. The van der Waals surface area contributed by atoms with Crippen LogP contribution in [0.25, 0.3) is 0 Å². The molecule has 26 heavy (non-hydrogen) atoms. The number of esters is 1. The molecule has 5 aliphatic rings. The lowest BCUT2D eigenvalue weighted by molar-refractivity contribution is -0.135. The van der Waals surface area contributed by atoms with Crippen LogP contribution in [0.15, 0.2) is 34.9 Å². The summed E-state index contributed by atoms with van der Waals surface area (Å²) in [6, 6.07) is 0. The van der Waals surface area contributed by atoms with Gasteiger partial charge in [-0.15, -0.1) is 0 Å². The molecule has 3 fully saturated rings. The number of hydrogen-bond donors (Lipinski definition) is 0. The topological polar surface area (TPSA) is 43.4 Å². The summed E-state index contributed by atoms with van der Waals surface area (Å²) in [5.41, 5.74) is 4.36. The molecule has 0 radical (unpaired) electrons. The van der Waals surface area contributed by atoms with Gasteiger partial charge in [0.05, 0.1) is 0 Å². The van der Waals surface area contributed by atoms with E-state index in [1.165, 1.54) is 24.8 Å². The molecule has 4 aliphatic carbocycles.